The Hall–Kier alpha value is -3.13. The number of H-pyrrole nitrogens is 1. The van der Waals surface area contributed by atoms with Crippen molar-refractivity contribution in [1.82, 2.24) is 20.4 Å². The van der Waals surface area contributed by atoms with Crippen molar-refractivity contribution in [2.75, 3.05) is 24.6 Å². The quantitative estimate of drug-likeness (QED) is 0.541. The Morgan fingerprint density at radius 2 is 2.10 bits per heavy atom. The van der Waals surface area contributed by atoms with E-state index in [1.165, 1.54) is 6.07 Å². The monoisotopic (exact) mass is 396 g/mol. The van der Waals surface area contributed by atoms with Gasteiger partial charge in [-0.25, -0.2) is 9.18 Å². The molecule has 1 aliphatic rings. The van der Waals surface area contributed by atoms with Gasteiger partial charge in [-0.2, -0.15) is 5.10 Å². The van der Waals surface area contributed by atoms with Gasteiger partial charge >= 0.3 is 6.03 Å². The molecule has 2 aromatic carbocycles. The van der Waals surface area contributed by atoms with Crippen LogP contribution in [0.3, 0.4) is 0 Å². The molecule has 1 saturated heterocycles. The summed E-state index contributed by atoms with van der Waals surface area (Å²) in [5.74, 6) is -0.331. The van der Waals surface area contributed by atoms with Crippen LogP contribution in [0.2, 0.25) is 0 Å². The first-order valence-corrected chi connectivity index (χ1v) is 9.78. The number of likely N-dealkylation sites (tertiary alicyclic amines) is 1. The second kappa shape index (κ2) is 8.08. The number of nitrogen functional groups attached to an aromatic ring is 1. The lowest BCUT2D eigenvalue weighted by Crippen LogP contribution is -2.48. The van der Waals surface area contributed by atoms with Crippen molar-refractivity contribution in [1.29, 1.82) is 0 Å². The van der Waals surface area contributed by atoms with Crippen LogP contribution in [0.25, 0.3) is 10.9 Å². The highest BCUT2D eigenvalue weighted by molar-refractivity contribution is 5.96. The Morgan fingerprint density at radius 1 is 1.31 bits per heavy atom. The van der Waals surface area contributed by atoms with Gasteiger partial charge in [-0.3, -0.25) is 5.10 Å². The van der Waals surface area contributed by atoms with E-state index in [4.69, 9.17) is 5.73 Å². The summed E-state index contributed by atoms with van der Waals surface area (Å²) in [7, 11) is 2.09. The number of nitrogens with one attached hydrogen (secondary N) is 3. The maximum atomic E-state index is 14.3. The molecule has 0 unspecified atom stereocenters. The summed E-state index contributed by atoms with van der Waals surface area (Å²) >= 11 is 0. The Balaban J connectivity index is 1.56. The molecule has 0 spiro atoms. The average molecular weight is 396 g/mol. The third kappa shape index (κ3) is 4.02. The van der Waals surface area contributed by atoms with Crippen LogP contribution >= 0.6 is 0 Å². The lowest BCUT2D eigenvalue weighted by molar-refractivity contribution is 0.147. The maximum absolute atomic E-state index is 14.3. The van der Waals surface area contributed by atoms with Crippen LogP contribution in [0.5, 0.6) is 0 Å². The van der Waals surface area contributed by atoms with Crippen molar-refractivity contribution >= 4 is 28.4 Å². The zero-order valence-corrected chi connectivity index (χ0v) is 16.3. The highest BCUT2D eigenvalue weighted by atomic mass is 19.1. The normalized spacial score (nSPS) is 18.5. The largest absolute Gasteiger partial charge is 0.382 e. The fourth-order valence-corrected chi connectivity index (χ4v) is 4.06. The number of anilines is 2. The third-order valence-corrected chi connectivity index (χ3v) is 5.57. The SMILES string of the molecule is CN1CCCC[C@H]1[C@@H](NC(=O)Nc1cc(F)c2[nH]nc(N)c2c1)c1ccccc1. The molecule has 152 valence electrons. The molecule has 29 heavy (non-hydrogen) atoms. The predicted octanol–water partition coefficient (Wildman–Crippen LogP) is 3.63. The Kier molecular flexibility index (Phi) is 5.35. The van der Waals surface area contributed by atoms with Gasteiger partial charge in [0, 0.05) is 17.1 Å². The molecule has 0 bridgehead atoms. The van der Waals surface area contributed by atoms with Crippen molar-refractivity contribution in [2.24, 2.45) is 0 Å². The number of piperidine rings is 1. The topological polar surface area (TPSA) is 99.1 Å². The first-order valence-electron chi connectivity index (χ1n) is 9.78. The van der Waals surface area contributed by atoms with Gasteiger partial charge < -0.3 is 21.3 Å². The summed E-state index contributed by atoms with van der Waals surface area (Å²) in [6, 6.07) is 12.4. The van der Waals surface area contributed by atoms with Crippen molar-refractivity contribution in [3.8, 4) is 0 Å². The van der Waals surface area contributed by atoms with Gasteiger partial charge in [0.2, 0.25) is 0 Å². The predicted molar refractivity (Wildman–Crippen MR) is 112 cm³/mol. The van der Waals surface area contributed by atoms with Gasteiger partial charge in [-0.15, -0.1) is 0 Å². The molecule has 7 nitrogen and oxygen atoms in total. The van der Waals surface area contributed by atoms with Crippen LogP contribution in [-0.4, -0.2) is 40.8 Å². The van der Waals surface area contributed by atoms with Crippen LogP contribution in [0, 0.1) is 5.82 Å². The molecule has 0 radical (unpaired) electrons. The molecule has 1 fully saturated rings. The number of benzene rings is 2. The maximum Gasteiger partial charge on any atom is 0.319 e. The second-order valence-electron chi connectivity index (χ2n) is 7.52. The fraction of sp³-hybridized carbons (Fsp3) is 0.333. The van der Waals surface area contributed by atoms with E-state index >= 15 is 0 Å². The van der Waals surface area contributed by atoms with E-state index in [1.54, 1.807) is 6.07 Å². The Bertz CT molecular complexity index is 1010. The number of carbonyl (C=O) groups is 1. The number of hydrogen-bond donors (Lipinski definition) is 4. The Labute approximate surface area is 168 Å². The van der Waals surface area contributed by atoms with Gasteiger partial charge in [-0.05, 0) is 44.1 Å². The summed E-state index contributed by atoms with van der Waals surface area (Å²) in [5, 5.41) is 12.6. The number of urea groups is 1. The van der Waals surface area contributed by atoms with Crippen molar-refractivity contribution in [2.45, 2.75) is 31.3 Å². The molecule has 1 aromatic heterocycles. The molecule has 0 aliphatic carbocycles. The van der Waals surface area contributed by atoms with Gasteiger partial charge in [0.25, 0.3) is 0 Å². The van der Waals surface area contributed by atoms with E-state index in [-0.39, 0.29) is 23.4 Å². The summed E-state index contributed by atoms with van der Waals surface area (Å²) in [4.78, 5) is 15.1. The van der Waals surface area contributed by atoms with E-state index in [1.807, 2.05) is 30.3 Å². The highest BCUT2D eigenvalue weighted by Gasteiger charge is 2.30. The molecular weight excluding hydrogens is 371 g/mol. The van der Waals surface area contributed by atoms with Crippen LogP contribution in [0.1, 0.15) is 30.9 Å². The zero-order valence-electron chi connectivity index (χ0n) is 16.3. The van der Waals surface area contributed by atoms with Gasteiger partial charge in [0.1, 0.15) is 5.52 Å². The molecule has 8 heteroatoms. The highest BCUT2D eigenvalue weighted by Crippen LogP contribution is 2.29. The van der Waals surface area contributed by atoms with Gasteiger partial charge in [-0.1, -0.05) is 36.8 Å². The second-order valence-corrected chi connectivity index (χ2v) is 7.52. The van der Waals surface area contributed by atoms with Crippen molar-refractivity contribution < 1.29 is 9.18 Å². The molecule has 1 aliphatic heterocycles. The molecule has 5 N–H and O–H groups in total. The number of rotatable bonds is 4. The third-order valence-electron chi connectivity index (χ3n) is 5.57. The van der Waals surface area contributed by atoms with Gasteiger partial charge in [0.05, 0.1) is 6.04 Å². The van der Waals surface area contributed by atoms with E-state index in [2.05, 4.69) is 32.8 Å². The van der Waals surface area contributed by atoms with Crippen molar-refractivity contribution in [3.05, 3.63) is 53.8 Å². The van der Waals surface area contributed by atoms with Crippen LogP contribution < -0.4 is 16.4 Å². The molecule has 2 atom stereocenters. The number of halogens is 1. The molecule has 4 rings (SSSR count). The number of nitrogens with two attached hydrogens (primary N) is 1. The number of amides is 2. The molecule has 3 aromatic rings. The van der Waals surface area contributed by atoms with Crippen LogP contribution in [0.4, 0.5) is 20.7 Å². The number of fused-ring (bicyclic) bond motifs is 1. The van der Waals surface area contributed by atoms with Crippen LogP contribution in [0.15, 0.2) is 42.5 Å². The number of aromatic amines is 1. The van der Waals surface area contributed by atoms with E-state index in [0.29, 0.717) is 11.1 Å². The number of hydrogen-bond acceptors (Lipinski definition) is 4. The summed E-state index contributed by atoms with van der Waals surface area (Å²) in [6.07, 6.45) is 3.29. The minimum absolute atomic E-state index is 0.172. The minimum atomic E-state index is -0.520. The van der Waals surface area contributed by atoms with E-state index < -0.39 is 11.8 Å². The number of carbonyl (C=O) groups excluding carboxylic acids is 1. The summed E-state index contributed by atoms with van der Waals surface area (Å²) in [6.45, 7) is 0.999. The zero-order chi connectivity index (χ0) is 20.4. The average Bonchev–Trinajstić information content (AvgIpc) is 3.09. The smallest absolute Gasteiger partial charge is 0.319 e. The van der Waals surface area contributed by atoms with E-state index in [0.717, 1.165) is 31.4 Å². The number of aromatic nitrogens is 2. The van der Waals surface area contributed by atoms with Gasteiger partial charge in [0.15, 0.2) is 11.6 Å². The molecule has 2 heterocycles. The lowest BCUT2D eigenvalue weighted by atomic mass is 9.91. The summed E-state index contributed by atoms with van der Waals surface area (Å²) < 4.78 is 14.3. The summed E-state index contributed by atoms with van der Waals surface area (Å²) in [5.41, 5.74) is 7.36. The standard InChI is InChI=1S/C21H25FN6O/c1-28-10-6-5-9-17(28)18(13-7-3-2-4-8-13)25-21(29)24-14-11-15-19(16(22)12-14)26-27-20(15)23/h2-4,7-8,11-12,17-18H,5-6,9-10H2,1H3,(H3,23,26,27)(H2,24,25,29)/t17-,18-/m0/s1. The molecule has 0 saturated carbocycles. The molecule has 2 amide bonds. The van der Waals surface area contributed by atoms with E-state index in [9.17, 15) is 9.18 Å². The first kappa shape index (κ1) is 19.2. The lowest BCUT2D eigenvalue weighted by Gasteiger charge is -2.38. The first-order chi connectivity index (χ1) is 14.0. The fourth-order valence-electron chi connectivity index (χ4n) is 4.06. The minimum Gasteiger partial charge on any atom is -0.382 e. The Morgan fingerprint density at radius 3 is 2.86 bits per heavy atom. The van der Waals surface area contributed by atoms with Crippen LogP contribution in [-0.2, 0) is 0 Å². The van der Waals surface area contributed by atoms with Crippen molar-refractivity contribution in [3.63, 3.8) is 0 Å². The molecular formula is C21H25FN6O. The number of likely N-dealkylation sites (N-methyl/N-ethyl adjacent to an activating group) is 1. The number of nitrogens with zero attached hydrogens (tertiary/aromatic N) is 2.